The monoisotopic (exact) mass is 374 g/mol. The van der Waals surface area contributed by atoms with Gasteiger partial charge >= 0.3 is 5.97 Å². The van der Waals surface area contributed by atoms with Gasteiger partial charge in [0, 0.05) is 24.2 Å². The van der Waals surface area contributed by atoms with E-state index in [1.807, 2.05) is 30.5 Å². The van der Waals surface area contributed by atoms with Crippen LogP contribution in [0.3, 0.4) is 0 Å². The molecule has 0 N–H and O–H groups in total. The fourth-order valence-electron chi connectivity index (χ4n) is 3.99. The summed E-state index contributed by atoms with van der Waals surface area (Å²) in [6, 6.07) is 12.4. The summed E-state index contributed by atoms with van der Waals surface area (Å²) in [4.78, 5) is 18.9. The maximum atomic E-state index is 12.0. The summed E-state index contributed by atoms with van der Waals surface area (Å²) in [5.74, 6) is 0.447. The van der Waals surface area contributed by atoms with Crippen LogP contribution in [0.5, 0.6) is 0 Å². The molecule has 2 aromatic heterocycles. The van der Waals surface area contributed by atoms with Gasteiger partial charge in [0.1, 0.15) is 18.3 Å². The second kappa shape index (κ2) is 7.01. The number of fused-ring (bicyclic) bond motifs is 2. The minimum atomic E-state index is -0.306. The third kappa shape index (κ3) is 2.89. The van der Waals surface area contributed by atoms with Crippen molar-refractivity contribution in [1.82, 2.24) is 9.55 Å². The van der Waals surface area contributed by atoms with Crippen LogP contribution >= 0.6 is 0 Å². The van der Waals surface area contributed by atoms with E-state index in [1.165, 1.54) is 18.2 Å². The molecule has 0 radical (unpaired) electrons. The lowest BCUT2D eigenvalue weighted by Gasteiger charge is -2.30. The molecule has 4 rings (SSSR count). The number of benzene rings is 1. The Kier molecular flexibility index (Phi) is 4.52. The van der Waals surface area contributed by atoms with E-state index in [4.69, 9.17) is 4.74 Å². The molecule has 0 unspecified atom stereocenters. The number of hydrogen-bond acceptors (Lipinski definition) is 5. The molecule has 0 fully saturated rings. The molecule has 1 aliphatic heterocycles. The number of carbonyl (C=O) groups is 1. The van der Waals surface area contributed by atoms with Crippen molar-refractivity contribution in [3.63, 3.8) is 0 Å². The first-order valence-electron chi connectivity index (χ1n) is 9.32. The Morgan fingerprint density at radius 3 is 2.75 bits per heavy atom. The van der Waals surface area contributed by atoms with E-state index in [0.717, 1.165) is 47.5 Å². The van der Waals surface area contributed by atoms with Crippen LogP contribution in [0.4, 0.5) is 5.82 Å². The van der Waals surface area contributed by atoms with Crippen LogP contribution in [-0.2, 0) is 29.0 Å². The quantitative estimate of drug-likeness (QED) is 0.658. The molecule has 0 spiro atoms. The molecule has 3 heterocycles. The molecule has 6 nitrogen and oxygen atoms in total. The molecular formula is C22H22N4O2. The standard InChI is InChI=1S/C22H22N4O2/c1-14-15(2)26(13-20(27)28-3)21-19(14)10-18(11-23)24-22(21)25-9-8-16-6-4-5-7-17(16)12-25/h4-7,10H,8-9,12-13H2,1-3H3. The number of aromatic nitrogens is 2. The van der Waals surface area contributed by atoms with Crippen molar-refractivity contribution in [2.75, 3.05) is 18.6 Å². The molecule has 6 heteroatoms. The van der Waals surface area contributed by atoms with Gasteiger partial charge in [0.25, 0.3) is 0 Å². The first kappa shape index (κ1) is 18.1. The smallest absolute Gasteiger partial charge is 0.325 e. The lowest BCUT2D eigenvalue weighted by Crippen LogP contribution is -2.31. The molecule has 0 amide bonds. The van der Waals surface area contributed by atoms with Crippen LogP contribution in [0.25, 0.3) is 10.9 Å². The van der Waals surface area contributed by atoms with Crippen LogP contribution in [0, 0.1) is 25.2 Å². The van der Waals surface area contributed by atoms with Gasteiger partial charge in [-0.05, 0) is 43.0 Å². The Balaban J connectivity index is 1.91. The highest BCUT2D eigenvalue weighted by atomic mass is 16.5. The van der Waals surface area contributed by atoms with Crippen molar-refractivity contribution in [2.45, 2.75) is 33.4 Å². The van der Waals surface area contributed by atoms with Gasteiger partial charge < -0.3 is 14.2 Å². The zero-order valence-electron chi connectivity index (χ0n) is 16.3. The molecule has 0 saturated carbocycles. The van der Waals surface area contributed by atoms with Crippen molar-refractivity contribution >= 4 is 22.7 Å². The van der Waals surface area contributed by atoms with Crippen molar-refractivity contribution in [2.24, 2.45) is 0 Å². The van der Waals surface area contributed by atoms with E-state index >= 15 is 0 Å². The second-order valence-corrected chi connectivity index (χ2v) is 7.15. The van der Waals surface area contributed by atoms with E-state index < -0.39 is 0 Å². The van der Waals surface area contributed by atoms with E-state index in [-0.39, 0.29) is 12.5 Å². The highest BCUT2D eigenvalue weighted by molar-refractivity contribution is 5.95. The minimum absolute atomic E-state index is 0.123. The maximum absolute atomic E-state index is 12.0. The van der Waals surface area contributed by atoms with Crippen molar-refractivity contribution in [3.8, 4) is 6.07 Å². The van der Waals surface area contributed by atoms with Gasteiger partial charge in [0.2, 0.25) is 0 Å². The Hall–Kier alpha value is -3.33. The normalized spacial score (nSPS) is 13.3. The predicted molar refractivity (Wildman–Crippen MR) is 107 cm³/mol. The number of nitrogens with zero attached hydrogens (tertiary/aromatic N) is 4. The van der Waals surface area contributed by atoms with Crippen LogP contribution < -0.4 is 4.90 Å². The highest BCUT2D eigenvalue weighted by Gasteiger charge is 2.24. The predicted octanol–water partition coefficient (Wildman–Crippen LogP) is 3.26. The molecule has 28 heavy (non-hydrogen) atoms. The number of aryl methyl sites for hydroxylation is 1. The molecule has 1 aromatic carbocycles. The van der Waals surface area contributed by atoms with Crippen LogP contribution in [-0.4, -0.2) is 29.2 Å². The number of anilines is 1. The van der Waals surface area contributed by atoms with E-state index in [9.17, 15) is 10.1 Å². The van der Waals surface area contributed by atoms with Crippen LogP contribution in [0.15, 0.2) is 30.3 Å². The maximum Gasteiger partial charge on any atom is 0.325 e. The number of ether oxygens (including phenoxy) is 1. The second-order valence-electron chi connectivity index (χ2n) is 7.15. The molecule has 0 aliphatic carbocycles. The molecule has 142 valence electrons. The zero-order chi connectivity index (χ0) is 19.8. The van der Waals surface area contributed by atoms with Gasteiger partial charge in [-0.3, -0.25) is 4.79 Å². The Labute approximate surface area is 164 Å². The van der Waals surface area contributed by atoms with E-state index in [2.05, 4.69) is 34.2 Å². The molecule has 0 bridgehead atoms. The number of esters is 1. The van der Waals surface area contributed by atoms with Gasteiger partial charge in [0.15, 0.2) is 5.82 Å². The zero-order valence-corrected chi connectivity index (χ0v) is 16.3. The molecule has 0 saturated heterocycles. The third-order valence-electron chi connectivity index (χ3n) is 5.66. The number of nitriles is 1. The third-order valence-corrected chi connectivity index (χ3v) is 5.66. The lowest BCUT2D eigenvalue weighted by atomic mass is 10.00. The van der Waals surface area contributed by atoms with Crippen molar-refractivity contribution in [1.29, 1.82) is 5.26 Å². The number of hydrogen-bond donors (Lipinski definition) is 0. The summed E-state index contributed by atoms with van der Waals surface area (Å²) < 4.78 is 6.86. The fraction of sp³-hybridized carbons (Fsp3) is 0.318. The molecular weight excluding hydrogens is 352 g/mol. The van der Waals surface area contributed by atoms with Gasteiger partial charge in [0.05, 0.1) is 12.6 Å². The van der Waals surface area contributed by atoms with E-state index in [0.29, 0.717) is 5.69 Å². The Morgan fingerprint density at radius 2 is 2.04 bits per heavy atom. The number of rotatable bonds is 3. The van der Waals surface area contributed by atoms with Crippen molar-refractivity contribution < 1.29 is 9.53 Å². The summed E-state index contributed by atoms with van der Waals surface area (Å²) in [6.45, 7) is 5.67. The van der Waals surface area contributed by atoms with Gasteiger partial charge in [-0.25, -0.2) is 4.98 Å². The van der Waals surface area contributed by atoms with Crippen molar-refractivity contribution in [3.05, 3.63) is 58.4 Å². The summed E-state index contributed by atoms with van der Waals surface area (Å²) in [6.07, 6.45) is 0.922. The van der Waals surface area contributed by atoms with Crippen LogP contribution in [0.2, 0.25) is 0 Å². The number of pyridine rings is 1. The highest BCUT2D eigenvalue weighted by Crippen LogP contribution is 2.34. The van der Waals surface area contributed by atoms with Gasteiger partial charge in [-0.15, -0.1) is 0 Å². The summed E-state index contributed by atoms with van der Waals surface area (Å²) in [7, 11) is 1.39. The average molecular weight is 374 g/mol. The molecule has 1 aliphatic rings. The Bertz CT molecular complexity index is 1120. The topological polar surface area (TPSA) is 71.1 Å². The molecule has 3 aromatic rings. The number of methoxy groups -OCH3 is 1. The summed E-state index contributed by atoms with van der Waals surface area (Å²) in [5.41, 5.74) is 5.93. The SMILES string of the molecule is COC(=O)Cn1c(C)c(C)c2cc(C#N)nc(N3CCc4ccccc4C3)c21. The average Bonchev–Trinajstić information content (AvgIpc) is 2.97. The number of carbonyl (C=O) groups excluding carboxylic acids is 1. The Morgan fingerprint density at radius 1 is 1.29 bits per heavy atom. The van der Waals surface area contributed by atoms with E-state index in [1.54, 1.807) is 0 Å². The largest absolute Gasteiger partial charge is 0.468 e. The fourth-order valence-corrected chi connectivity index (χ4v) is 3.99. The van der Waals surface area contributed by atoms with Gasteiger partial charge in [-0.1, -0.05) is 24.3 Å². The van der Waals surface area contributed by atoms with Crippen LogP contribution in [0.1, 0.15) is 28.1 Å². The first-order chi connectivity index (χ1) is 13.5. The summed E-state index contributed by atoms with van der Waals surface area (Å²) in [5, 5.41) is 10.5. The summed E-state index contributed by atoms with van der Waals surface area (Å²) >= 11 is 0. The van der Waals surface area contributed by atoms with Gasteiger partial charge in [-0.2, -0.15) is 5.26 Å². The minimum Gasteiger partial charge on any atom is -0.468 e. The first-order valence-corrected chi connectivity index (χ1v) is 9.32. The lowest BCUT2D eigenvalue weighted by molar-refractivity contribution is -0.141. The molecule has 0 atom stereocenters.